The molecule has 1 N–H and O–H groups in total. The van der Waals surface area contributed by atoms with Crippen molar-refractivity contribution >= 4 is 11.6 Å². The summed E-state index contributed by atoms with van der Waals surface area (Å²) in [6.07, 6.45) is -0.453. The number of carbonyl (C=O) groups is 1. The summed E-state index contributed by atoms with van der Waals surface area (Å²) in [7, 11) is 0. The van der Waals surface area contributed by atoms with Crippen LogP contribution in [0.15, 0.2) is 83.3 Å². The van der Waals surface area contributed by atoms with Crippen LogP contribution in [0.2, 0.25) is 0 Å². The quantitative estimate of drug-likeness (QED) is 0.439. The number of hydrogen-bond acceptors (Lipinski definition) is 5. The van der Waals surface area contributed by atoms with Crippen molar-refractivity contribution < 1.29 is 18.3 Å². The average Bonchev–Trinajstić information content (AvgIpc) is 3.30. The predicted octanol–water partition coefficient (Wildman–Crippen LogP) is 5.34. The molecule has 6 nitrogen and oxygen atoms in total. The molecule has 1 amide bonds. The Morgan fingerprint density at radius 1 is 0.968 bits per heavy atom. The van der Waals surface area contributed by atoms with Crippen LogP contribution in [0.25, 0.3) is 22.9 Å². The van der Waals surface area contributed by atoms with E-state index in [1.54, 1.807) is 30.3 Å². The molecule has 4 rings (SSSR count). The van der Waals surface area contributed by atoms with Crippen molar-refractivity contribution in [2.75, 3.05) is 5.32 Å². The van der Waals surface area contributed by atoms with Gasteiger partial charge in [0.05, 0.1) is 11.3 Å². The first-order valence-corrected chi connectivity index (χ1v) is 9.86. The molecule has 1 aromatic heterocycles. The smallest absolute Gasteiger partial charge is 0.265 e. The molecule has 1 atom stereocenters. The highest BCUT2D eigenvalue weighted by Gasteiger charge is 2.22. The van der Waals surface area contributed by atoms with Crippen molar-refractivity contribution in [3.05, 3.63) is 84.7 Å². The second-order valence-corrected chi connectivity index (χ2v) is 6.76. The van der Waals surface area contributed by atoms with Crippen molar-refractivity contribution in [2.45, 2.75) is 19.4 Å². The zero-order chi connectivity index (χ0) is 21.6. The number of rotatable bonds is 7. The second-order valence-electron chi connectivity index (χ2n) is 6.76. The van der Waals surface area contributed by atoms with Crippen LogP contribution in [-0.2, 0) is 4.79 Å². The lowest BCUT2D eigenvalue weighted by Crippen LogP contribution is -2.32. The Balaban J connectivity index is 1.56. The summed E-state index contributed by atoms with van der Waals surface area (Å²) >= 11 is 0. The Labute approximate surface area is 178 Å². The van der Waals surface area contributed by atoms with Gasteiger partial charge < -0.3 is 14.5 Å². The fraction of sp³-hybridized carbons (Fsp3) is 0.125. The summed E-state index contributed by atoms with van der Waals surface area (Å²) in [5, 5.41) is 10.8. The normalized spacial score (nSPS) is 11.7. The molecule has 0 saturated heterocycles. The zero-order valence-electron chi connectivity index (χ0n) is 16.8. The SMILES string of the molecule is CCC(Oc1ccccc1-c1nnc(-c2ccccc2)o1)C(=O)Nc1ccccc1F. The molecule has 4 aromatic rings. The van der Waals surface area contributed by atoms with Gasteiger partial charge in [-0.1, -0.05) is 49.4 Å². The first-order chi connectivity index (χ1) is 15.2. The Kier molecular flexibility index (Phi) is 6.03. The van der Waals surface area contributed by atoms with Gasteiger partial charge in [0.15, 0.2) is 6.10 Å². The molecular weight excluding hydrogens is 397 g/mol. The lowest BCUT2D eigenvalue weighted by atomic mass is 10.2. The average molecular weight is 417 g/mol. The van der Waals surface area contributed by atoms with Crippen LogP contribution in [0.1, 0.15) is 13.3 Å². The van der Waals surface area contributed by atoms with Crippen LogP contribution in [0.5, 0.6) is 5.75 Å². The molecule has 0 radical (unpaired) electrons. The summed E-state index contributed by atoms with van der Waals surface area (Å²) in [5.41, 5.74) is 1.47. The summed E-state index contributed by atoms with van der Waals surface area (Å²) in [6.45, 7) is 1.81. The van der Waals surface area contributed by atoms with E-state index in [1.807, 2.05) is 43.3 Å². The summed E-state index contributed by atoms with van der Waals surface area (Å²) in [5.74, 6) is 0.123. The van der Waals surface area contributed by atoms with Gasteiger partial charge in [-0.05, 0) is 42.8 Å². The number of nitrogens with zero attached hydrogens (tertiary/aromatic N) is 2. The maximum absolute atomic E-state index is 13.9. The number of para-hydroxylation sites is 2. The molecule has 31 heavy (non-hydrogen) atoms. The molecule has 0 aliphatic carbocycles. The van der Waals surface area contributed by atoms with E-state index in [9.17, 15) is 9.18 Å². The van der Waals surface area contributed by atoms with Crippen LogP contribution in [0.4, 0.5) is 10.1 Å². The van der Waals surface area contributed by atoms with Gasteiger partial charge in [-0.25, -0.2) is 4.39 Å². The van der Waals surface area contributed by atoms with Gasteiger partial charge in [0, 0.05) is 5.56 Å². The lowest BCUT2D eigenvalue weighted by Gasteiger charge is -2.18. The number of carbonyl (C=O) groups excluding carboxylic acids is 1. The molecule has 3 aromatic carbocycles. The third-order valence-corrected chi connectivity index (χ3v) is 4.63. The van der Waals surface area contributed by atoms with Crippen LogP contribution in [-0.4, -0.2) is 22.2 Å². The maximum atomic E-state index is 13.9. The predicted molar refractivity (Wildman–Crippen MR) is 115 cm³/mol. The van der Waals surface area contributed by atoms with Crippen molar-refractivity contribution in [1.82, 2.24) is 10.2 Å². The Morgan fingerprint density at radius 3 is 2.42 bits per heavy atom. The summed E-state index contributed by atoms with van der Waals surface area (Å²) in [6, 6.07) is 22.5. The Bertz CT molecular complexity index is 1180. The monoisotopic (exact) mass is 417 g/mol. The highest BCUT2D eigenvalue weighted by Crippen LogP contribution is 2.32. The number of aromatic nitrogens is 2. The largest absolute Gasteiger partial charge is 0.480 e. The molecule has 156 valence electrons. The van der Waals surface area contributed by atoms with E-state index in [1.165, 1.54) is 12.1 Å². The van der Waals surface area contributed by atoms with Crippen molar-refractivity contribution in [2.24, 2.45) is 0 Å². The molecular formula is C24H20FN3O3. The number of anilines is 1. The van der Waals surface area contributed by atoms with Gasteiger partial charge in [0.1, 0.15) is 11.6 Å². The van der Waals surface area contributed by atoms with Gasteiger partial charge in [-0.2, -0.15) is 0 Å². The number of amides is 1. The van der Waals surface area contributed by atoms with Crippen LogP contribution in [0, 0.1) is 5.82 Å². The van der Waals surface area contributed by atoms with Gasteiger partial charge in [-0.15, -0.1) is 10.2 Å². The second kappa shape index (κ2) is 9.21. The van der Waals surface area contributed by atoms with E-state index in [-0.39, 0.29) is 11.6 Å². The van der Waals surface area contributed by atoms with E-state index < -0.39 is 17.8 Å². The fourth-order valence-electron chi connectivity index (χ4n) is 3.03. The van der Waals surface area contributed by atoms with E-state index in [0.29, 0.717) is 23.6 Å². The summed E-state index contributed by atoms with van der Waals surface area (Å²) < 4.78 is 25.7. The minimum Gasteiger partial charge on any atom is -0.480 e. The third-order valence-electron chi connectivity index (χ3n) is 4.63. The molecule has 0 spiro atoms. The number of ether oxygens (including phenoxy) is 1. The lowest BCUT2D eigenvalue weighted by molar-refractivity contribution is -0.122. The highest BCUT2D eigenvalue weighted by atomic mass is 19.1. The molecule has 0 fully saturated rings. The molecule has 0 aliphatic heterocycles. The van der Waals surface area contributed by atoms with E-state index >= 15 is 0 Å². The van der Waals surface area contributed by atoms with E-state index in [4.69, 9.17) is 9.15 Å². The minimum atomic E-state index is -0.836. The topological polar surface area (TPSA) is 77.2 Å². The van der Waals surface area contributed by atoms with Crippen molar-refractivity contribution in [3.63, 3.8) is 0 Å². The number of nitrogens with one attached hydrogen (secondary N) is 1. The molecule has 1 unspecified atom stereocenters. The van der Waals surface area contributed by atoms with Gasteiger partial charge in [0.2, 0.25) is 5.89 Å². The van der Waals surface area contributed by atoms with Crippen LogP contribution in [0.3, 0.4) is 0 Å². The standard InChI is InChI=1S/C24H20FN3O3/c1-2-20(22(29)26-19-14-8-7-13-18(19)25)30-21-15-9-6-12-17(21)24-28-27-23(31-24)16-10-4-3-5-11-16/h3-15,20H,2H2,1H3,(H,26,29). The number of benzene rings is 3. The van der Waals surface area contributed by atoms with Crippen LogP contribution >= 0.6 is 0 Å². The first-order valence-electron chi connectivity index (χ1n) is 9.86. The highest BCUT2D eigenvalue weighted by molar-refractivity contribution is 5.94. The van der Waals surface area contributed by atoms with Gasteiger partial charge >= 0.3 is 0 Å². The zero-order valence-corrected chi connectivity index (χ0v) is 16.8. The Hall–Kier alpha value is -4.00. The van der Waals surface area contributed by atoms with Gasteiger partial charge in [0.25, 0.3) is 11.8 Å². The van der Waals surface area contributed by atoms with Gasteiger partial charge in [-0.3, -0.25) is 4.79 Å². The van der Waals surface area contributed by atoms with Crippen molar-refractivity contribution in [1.29, 1.82) is 0 Å². The summed E-state index contributed by atoms with van der Waals surface area (Å²) in [4.78, 5) is 12.7. The van der Waals surface area contributed by atoms with E-state index in [0.717, 1.165) is 5.56 Å². The number of halogens is 1. The molecule has 0 bridgehead atoms. The Morgan fingerprint density at radius 2 is 1.65 bits per heavy atom. The fourth-order valence-corrected chi connectivity index (χ4v) is 3.03. The van der Waals surface area contributed by atoms with Crippen molar-refractivity contribution in [3.8, 4) is 28.7 Å². The molecule has 0 aliphatic rings. The number of hydrogen-bond donors (Lipinski definition) is 1. The first kappa shape index (κ1) is 20.3. The molecule has 0 saturated carbocycles. The minimum absolute atomic E-state index is 0.104. The molecule has 1 heterocycles. The molecule has 7 heteroatoms. The third kappa shape index (κ3) is 4.61. The maximum Gasteiger partial charge on any atom is 0.265 e. The van der Waals surface area contributed by atoms with E-state index in [2.05, 4.69) is 15.5 Å². The van der Waals surface area contributed by atoms with Crippen LogP contribution < -0.4 is 10.1 Å².